The molecule has 0 radical (unpaired) electrons. The van der Waals surface area contributed by atoms with Gasteiger partial charge in [-0.05, 0) is 48.6 Å². The molecule has 0 aliphatic heterocycles. The lowest BCUT2D eigenvalue weighted by Gasteiger charge is -2.30. The topological polar surface area (TPSA) is 96.1 Å². The third-order valence-electron chi connectivity index (χ3n) is 7.61. The van der Waals surface area contributed by atoms with Crippen LogP contribution in [0.3, 0.4) is 0 Å². The maximum atomic E-state index is 13.8. The number of hydrogen-bond donors (Lipinski definition) is 2. The fourth-order valence-electron chi connectivity index (χ4n) is 5.32. The molecule has 0 saturated heterocycles. The SMILES string of the molecule is COCCN(CC(=O)N(CCc1c[nH]c2ccccc12)Cc1ccc(OC)c(OC)c1)C(=O)NC1CCCCC1. The molecule has 1 aliphatic carbocycles. The van der Waals surface area contributed by atoms with Crippen LogP contribution >= 0.6 is 0 Å². The fraction of sp³-hybridized carbons (Fsp3) is 0.484. The van der Waals surface area contributed by atoms with Crippen molar-refractivity contribution in [1.82, 2.24) is 20.1 Å². The number of benzene rings is 2. The molecule has 9 nitrogen and oxygen atoms in total. The zero-order valence-electron chi connectivity index (χ0n) is 23.9. The molecule has 2 N–H and O–H groups in total. The number of aromatic nitrogens is 1. The summed E-state index contributed by atoms with van der Waals surface area (Å²) in [5.41, 5.74) is 3.13. The third-order valence-corrected chi connectivity index (χ3v) is 7.61. The number of nitrogens with zero attached hydrogens (tertiary/aromatic N) is 2. The van der Waals surface area contributed by atoms with Gasteiger partial charge in [-0.15, -0.1) is 0 Å². The second-order valence-corrected chi connectivity index (χ2v) is 10.3. The van der Waals surface area contributed by atoms with Gasteiger partial charge in [-0.2, -0.15) is 0 Å². The van der Waals surface area contributed by atoms with Gasteiger partial charge in [0.2, 0.25) is 5.91 Å². The van der Waals surface area contributed by atoms with Crippen LogP contribution in [0.25, 0.3) is 10.9 Å². The Kier molecular flexibility index (Phi) is 10.7. The van der Waals surface area contributed by atoms with E-state index in [0.717, 1.165) is 47.7 Å². The summed E-state index contributed by atoms with van der Waals surface area (Å²) in [5, 5.41) is 4.30. The van der Waals surface area contributed by atoms with Crippen molar-refractivity contribution in [2.45, 2.75) is 51.1 Å². The number of carbonyl (C=O) groups is 2. The molecular formula is C31H42N4O5. The van der Waals surface area contributed by atoms with Gasteiger partial charge in [0.25, 0.3) is 0 Å². The summed E-state index contributed by atoms with van der Waals surface area (Å²) in [5.74, 6) is 1.12. The molecule has 1 aliphatic rings. The minimum absolute atomic E-state index is 0.0247. The molecule has 216 valence electrons. The number of urea groups is 1. The van der Waals surface area contributed by atoms with E-state index in [4.69, 9.17) is 14.2 Å². The minimum Gasteiger partial charge on any atom is -0.493 e. The van der Waals surface area contributed by atoms with E-state index in [1.807, 2.05) is 47.5 Å². The monoisotopic (exact) mass is 550 g/mol. The molecule has 1 fully saturated rings. The first-order valence-corrected chi connectivity index (χ1v) is 14.1. The fourth-order valence-corrected chi connectivity index (χ4v) is 5.32. The molecule has 1 aromatic heterocycles. The van der Waals surface area contributed by atoms with Gasteiger partial charge in [-0.25, -0.2) is 4.79 Å². The van der Waals surface area contributed by atoms with Crippen molar-refractivity contribution in [1.29, 1.82) is 0 Å². The first-order chi connectivity index (χ1) is 19.5. The number of rotatable bonds is 13. The molecule has 0 bridgehead atoms. The summed E-state index contributed by atoms with van der Waals surface area (Å²) < 4.78 is 16.1. The maximum Gasteiger partial charge on any atom is 0.318 e. The Bertz CT molecular complexity index is 1250. The molecule has 0 spiro atoms. The standard InChI is InChI=1S/C31H42N4O5/c1-38-18-17-35(31(37)33-25-9-5-4-6-10-25)22-30(36)34(21-23-13-14-28(39-2)29(19-23)40-3)16-15-24-20-32-27-12-8-7-11-26(24)27/h7-8,11-14,19-20,25,32H,4-6,9-10,15-18,21-22H2,1-3H3,(H,33,37). The van der Waals surface area contributed by atoms with Crippen LogP contribution < -0.4 is 14.8 Å². The Hall–Kier alpha value is -3.72. The Balaban J connectivity index is 1.52. The highest BCUT2D eigenvalue weighted by Crippen LogP contribution is 2.28. The van der Waals surface area contributed by atoms with Gasteiger partial charge in [0.05, 0.1) is 20.8 Å². The molecule has 2 aromatic carbocycles. The summed E-state index contributed by atoms with van der Waals surface area (Å²) in [4.78, 5) is 33.8. The molecule has 3 aromatic rings. The smallest absolute Gasteiger partial charge is 0.318 e. The number of carbonyl (C=O) groups excluding carboxylic acids is 2. The number of methoxy groups -OCH3 is 3. The number of fused-ring (bicyclic) bond motifs is 1. The van der Waals surface area contributed by atoms with Crippen LogP contribution in [0, 0.1) is 0 Å². The van der Waals surface area contributed by atoms with Gasteiger partial charge < -0.3 is 34.3 Å². The second-order valence-electron chi connectivity index (χ2n) is 10.3. The summed E-state index contributed by atoms with van der Waals surface area (Å²) in [7, 11) is 4.80. The van der Waals surface area contributed by atoms with Gasteiger partial charge in [-0.1, -0.05) is 43.5 Å². The Morgan fingerprint density at radius 1 is 0.950 bits per heavy atom. The maximum absolute atomic E-state index is 13.8. The van der Waals surface area contributed by atoms with Crippen LogP contribution in [0.15, 0.2) is 48.7 Å². The van der Waals surface area contributed by atoms with Crippen molar-refractivity contribution in [2.75, 3.05) is 47.6 Å². The molecule has 0 unspecified atom stereocenters. The van der Waals surface area contributed by atoms with Gasteiger partial charge >= 0.3 is 6.03 Å². The highest BCUT2D eigenvalue weighted by molar-refractivity contribution is 5.85. The van der Waals surface area contributed by atoms with Crippen LogP contribution in [0.4, 0.5) is 4.79 Å². The average Bonchev–Trinajstić information content (AvgIpc) is 3.40. The number of aromatic amines is 1. The minimum atomic E-state index is -0.208. The molecule has 1 saturated carbocycles. The highest BCUT2D eigenvalue weighted by atomic mass is 16.5. The van der Waals surface area contributed by atoms with E-state index < -0.39 is 0 Å². The molecule has 40 heavy (non-hydrogen) atoms. The molecule has 0 atom stereocenters. The van der Waals surface area contributed by atoms with Crippen molar-refractivity contribution in [3.63, 3.8) is 0 Å². The predicted molar refractivity (Wildman–Crippen MR) is 156 cm³/mol. The number of H-pyrrole nitrogens is 1. The molecular weight excluding hydrogens is 508 g/mol. The van der Waals surface area contributed by atoms with E-state index >= 15 is 0 Å². The first kappa shape index (κ1) is 29.3. The Morgan fingerprint density at radius 2 is 1.73 bits per heavy atom. The van der Waals surface area contributed by atoms with Crippen molar-refractivity contribution >= 4 is 22.8 Å². The quantitative estimate of drug-likeness (QED) is 0.320. The largest absolute Gasteiger partial charge is 0.493 e. The lowest BCUT2D eigenvalue weighted by atomic mass is 9.96. The molecule has 4 rings (SSSR count). The number of amides is 3. The van der Waals surface area contributed by atoms with E-state index in [1.165, 1.54) is 6.42 Å². The number of nitrogens with one attached hydrogen (secondary N) is 2. The van der Waals surface area contributed by atoms with Crippen LogP contribution in [-0.4, -0.2) is 80.3 Å². The molecule has 3 amide bonds. The summed E-state index contributed by atoms with van der Waals surface area (Å²) in [6.07, 6.45) is 8.09. The third kappa shape index (κ3) is 7.69. The van der Waals surface area contributed by atoms with Crippen molar-refractivity contribution in [3.8, 4) is 11.5 Å². The molecule has 1 heterocycles. The van der Waals surface area contributed by atoms with Gasteiger partial charge in [-0.3, -0.25) is 4.79 Å². The highest BCUT2D eigenvalue weighted by Gasteiger charge is 2.24. The zero-order valence-corrected chi connectivity index (χ0v) is 23.9. The van der Waals surface area contributed by atoms with Crippen LogP contribution in [0.2, 0.25) is 0 Å². The Morgan fingerprint density at radius 3 is 2.48 bits per heavy atom. The van der Waals surface area contributed by atoms with Crippen molar-refractivity contribution < 1.29 is 23.8 Å². The van der Waals surface area contributed by atoms with Crippen LogP contribution in [0.5, 0.6) is 11.5 Å². The first-order valence-electron chi connectivity index (χ1n) is 14.1. The second kappa shape index (κ2) is 14.6. The number of ether oxygens (including phenoxy) is 3. The number of para-hydroxylation sites is 1. The predicted octanol–water partition coefficient (Wildman–Crippen LogP) is 4.75. The van der Waals surface area contributed by atoms with Gasteiger partial charge in [0.15, 0.2) is 11.5 Å². The molecule has 9 heteroatoms. The number of hydrogen-bond acceptors (Lipinski definition) is 5. The summed E-state index contributed by atoms with van der Waals surface area (Å²) in [6.45, 7) is 1.55. The average molecular weight is 551 g/mol. The van der Waals surface area contributed by atoms with E-state index in [2.05, 4.69) is 16.4 Å². The zero-order chi connectivity index (χ0) is 28.3. The van der Waals surface area contributed by atoms with Crippen LogP contribution in [0.1, 0.15) is 43.2 Å². The van der Waals surface area contributed by atoms with Gasteiger partial charge in [0.1, 0.15) is 6.54 Å². The van der Waals surface area contributed by atoms with Crippen molar-refractivity contribution in [3.05, 3.63) is 59.8 Å². The van der Waals surface area contributed by atoms with E-state index in [-0.39, 0.29) is 24.5 Å². The van der Waals surface area contributed by atoms with E-state index in [0.29, 0.717) is 44.2 Å². The lowest BCUT2D eigenvalue weighted by Crippen LogP contribution is -2.50. The normalized spacial score (nSPS) is 13.7. The van der Waals surface area contributed by atoms with Crippen LogP contribution in [-0.2, 0) is 22.5 Å². The lowest BCUT2D eigenvalue weighted by molar-refractivity contribution is -0.132. The van der Waals surface area contributed by atoms with Crippen molar-refractivity contribution in [2.24, 2.45) is 0 Å². The van der Waals surface area contributed by atoms with E-state index in [9.17, 15) is 9.59 Å². The van der Waals surface area contributed by atoms with E-state index in [1.54, 1.807) is 26.2 Å². The Labute approximate surface area is 236 Å². The summed E-state index contributed by atoms with van der Waals surface area (Å²) >= 11 is 0. The van der Waals surface area contributed by atoms with Gasteiger partial charge in [0, 0.05) is 49.9 Å². The summed E-state index contributed by atoms with van der Waals surface area (Å²) in [6, 6.07) is 13.8.